The van der Waals surface area contributed by atoms with Crippen molar-refractivity contribution < 1.29 is 4.79 Å². The molecule has 1 N–H and O–H groups in total. The summed E-state index contributed by atoms with van der Waals surface area (Å²) < 4.78 is 0. The second-order valence-corrected chi connectivity index (χ2v) is 2.16. The Morgan fingerprint density at radius 2 is 1.82 bits per heavy atom. The Kier molecular flexibility index (Phi) is 10.8. The van der Waals surface area contributed by atoms with Crippen LogP contribution < -0.4 is 5.32 Å². The van der Waals surface area contributed by atoms with Gasteiger partial charge in [-0.15, -0.1) is 0 Å². The number of allylic oxidation sites excluding steroid dienone is 1. The molecular formula is C9H19NO. The van der Waals surface area contributed by atoms with Crippen molar-refractivity contribution >= 4 is 5.91 Å². The van der Waals surface area contributed by atoms with Crippen LogP contribution in [0, 0.1) is 0 Å². The van der Waals surface area contributed by atoms with E-state index in [-0.39, 0.29) is 11.9 Å². The zero-order chi connectivity index (χ0) is 9.28. The Morgan fingerprint density at radius 3 is 2.09 bits per heavy atom. The van der Waals surface area contributed by atoms with Crippen molar-refractivity contribution in [2.75, 3.05) is 0 Å². The molecule has 0 rings (SSSR count). The van der Waals surface area contributed by atoms with E-state index in [4.69, 9.17) is 0 Å². The highest BCUT2D eigenvalue weighted by molar-refractivity contribution is 5.87. The predicted octanol–water partition coefficient (Wildman–Crippen LogP) is 2.11. The van der Waals surface area contributed by atoms with Crippen molar-refractivity contribution in [2.24, 2.45) is 0 Å². The van der Waals surface area contributed by atoms with Crippen molar-refractivity contribution in [2.45, 2.75) is 40.7 Å². The zero-order valence-corrected chi connectivity index (χ0v) is 8.14. The smallest absolute Gasteiger partial charge is 0.243 e. The summed E-state index contributed by atoms with van der Waals surface area (Å²) in [5, 5.41) is 2.72. The van der Waals surface area contributed by atoms with Crippen LogP contribution >= 0.6 is 0 Å². The number of carbonyl (C=O) groups excluding carboxylic acids is 1. The minimum absolute atomic E-state index is 0.0208. The van der Waals surface area contributed by atoms with Gasteiger partial charge in [-0.2, -0.15) is 0 Å². The van der Waals surface area contributed by atoms with Crippen LogP contribution in [0.5, 0.6) is 0 Å². The lowest BCUT2D eigenvalue weighted by atomic mass is 10.4. The minimum Gasteiger partial charge on any atom is -0.350 e. The zero-order valence-electron chi connectivity index (χ0n) is 8.14. The first-order chi connectivity index (χ1) is 5.16. The summed E-state index contributed by atoms with van der Waals surface area (Å²) in [5.74, 6) is -0.0208. The molecule has 0 bridgehead atoms. The molecule has 0 aliphatic heterocycles. The second kappa shape index (κ2) is 9.21. The summed E-state index contributed by atoms with van der Waals surface area (Å²) in [6.07, 6.45) is 3.23. The van der Waals surface area contributed by atoms with Gasteiger partial charge in [-0.25, -0.2) is 0 Å². The number of amides is 1. The fourth-order valence-electron chi connectivity index (χ4n) is 0.484. The molecule has 0 aromatic rings. The molecule has 0 fully saturated rings. The van der Waals surface area contributed by atoms with Crippen LogP contribution in [0.25, 0.3) is 0 Å². The van der Waals surface area contributed by atoms with Gasteiger partial charge >= 0.3 is 0 Å². The quantitative estimate of drug-likeness (QED) is 0.611. The molecule has 11 heavy (non-hydrogen) atoms. The highest BCUT2D eigenvalue weighted by Gasteiger charge is 1.94. The molecule has 0 unspecified atom stereocenters. The maximum absolute atomic E-state index is 10.7. The number of carbonyl (C=O) groups is 1. The van der Waals surface area contributed by atoms with Crippen molar-refractivity contribution in [3.8, 4) is 0 Å². The first-order valence-corrected chi connectivity index (χ1v) is 4.10. The lowest BCUT2D eigenvalue weighted by molar-refractivity contribution is -0.116. The van der Waals surface area contributed by atoms with Gasteiger partial charge in [-0.1, -0.05) is 19.9 Å². The summed E-state index contributed by atoms with van der Waals surface area (Å²) in [6.45, 7) is 9.68. The molecule has 0 aromatic carbocycles. The van der Waals surface area contributed by atoms with Crippen LogP contribution in [0.1, 0.15) is 34.6 Å². The summed E-state index contributed by atoms with van der Waals surface area (Å²) in [7, 11) is 0. The Morgan fingerprint density at radius 1 is 1.36 bits per heavy atom. The van der Waals surface area contributed by atoms with Gasteiger partial charge in [0.05, 0.1) is 0 Å². The SMILES string of the molecule is C/C=C/C(=O)NC(C)C.CC. The van der Waals surface area contributed by atoms with E-state index in [1.165, 1.54) is 6.08 Å². The van der Waals surface area contributed by atoms with Gasteiger partial charge in [0.25, 0.3) is 0 Å². The molecule has 0 aliphatic carbocycles. The van der Waals surface area contributed by atoms with Crippen LogP contribution in [0.2, 0.25) is 0 Å². The van der Waals surface area contributed by atoms with E-state index in [2.05, 4.69) is 5.32 Å². The summed E-state index contributed by atoms with van der Waals surface area (Å²) in [6, 6.07) is 0.230. The molecular weight excluding hydrogens is 138 g/mol. The Hall–Kier alpha value is -0.790. The average Bonchev–Trinajstić information content (AvgIpc) is 1.91. The molecule has 1 amide bonds. The van der Waals surface area contributed by atoms with Crippen LogP contribution in [0.3, 0.4) is 0 Å². The van der Waals surface area contributed by atoms with Crippen molar-refractivity contribution in [1.29, 1.82) is 0 Å². The third-order valence-electron chi connectivity index (χ3n) is 0.749. The van der Waals surface area contributed by atoms with E-state index < -0.39 is 0 Å². The molecule has 0 atom stereocenters. The van der Waals surface area contributed by atoms with Gasteiger partial charge in [0, 0.05) is 6.04 Å². The molecule has 0 saturated carbocycles. The first-order valence-electron chi connectivity index (χ1n) is 4.10. The van der Waals surface area contributed by atoms with E-state index in [9.17, 15) is 4.79 Å². The fourth-order valence-corrected chi connectivity index (χ4v) is 0.484. The monoisotopic (exact) mass is 157 g/mol. The second-order valence-electron chi connectivity index (χ2n) is 2.16. The highest BCUT2D eigenvalue weighted by atomic mass is 16.1. The predicted molar refractivity (Wildman–Crippen MR) is 49.4 cm³/mol. The van der Waals surface area contributed by atoms with E-state index in [1.807, 2.05) is 34.6 Å². The first kappa shape index (κ1) is 12.8. The Bertz CT molecular complexity index is 117. The van der Waals surface area contributed by atoms with Gasteiger partial charge in [0.15, 0.2) is 0 Å². The summed E-state index contributed by atoms with van der Waals surface area (Å²) in [4.78, 5) is 10.7. The molecule has 0 spiro atoms. The minimum atomic E-state index is -0.0208. The lowest BCUT2D eigenvalue weighted by Crippen LogP contribution is -2.28. The van der Waals surface area contributed by atoms with Gasteiger partial charge in [-0.3, -0.25) is 4.79 Å². The lowest BCUT2D eigenvalue weighted by Gasteiger charge is -2.03. The Balaban J connectivity index is 0. The van der Waals surface area contributed by atoms with Crippen molar-refractivity contribution in [3.05, 3.63) is 12.2 Å². The molecule has 0 aliphatic rings. The van der Waals surface area contributed by atoms with Gasteiger partial charge in [0.2, 0.25) is 5.91 Å². The number of hydrogen-bond acceptors (Lipinski definition) is 1. The Labute approximate surface area is 69.7 Å². The average molecular weight is 157 g/mol. The standard InChI is InChI=1S/C7H13NO.C2H6/c1-4-5-7(9)8-6(2)3;1-2/h4-6H,1-3H3,(H,8,9);1-2H3/b5-4+;. The number of rotatable bonds is 2. The topological polar surface area (TPSA) is 29.1 Å². The summed E-state index contributed by atoms with van der Waals surface area (Å²) >= 11 is 0. The largest absolute Gasteiger partial charge is 0.350 e. The van der Waals surface area contributed by atoms with Crippen molar-refractivity contribution in [1.82, 2.24) is 5.32 Å². The van der Waals surface area contributed by atoms with Crippen molar-refractivity contribution in [3.63, 3.8) is 0 Å². The van der Waals surface area contributed by atoms with E-state index in [1.54, 1.807) is 6.08 Å². The molecule has 0 heterocycles. The third-order valence-corrected chi connectivity index (χ3v) is 0.749. The van der Waals surface area contributed by atoms with Crippen LogP contribution in [0.15, 0.2) is 12.2 Å². The van der Waals surface area contributed by atoms with Crippen LogP contribution in [-0.4, -0.2) is 11.9 Å². The van der Waals surface area contributed by atoms with E-state index in [0.717, 1.165) is 0 Å². The normalized spacial score (nSPS) is 9.27. The molecule has 2 heteroatoms. The van der Waals surface area contributed by atoms with Gasteiger partial charge < -0.3 is 5.32 Å². The maximum Gasteiger partial charge on any atom is 0.243 e. The molecule has 0 radical (unpaired) electrons. The molecule has 0 aromatic heterocycles. The summed E-state index contributed by atoms with van der Waals surface area (Å²) in [5.41, 5.74) is 0. The number of hydrogen-bond donors (Lipinski definition) is 1. The fraction of sp³-hybridized carbons (Fsp3) is 0.667. The van der Waals surface area contributed by atoms with E-state index >= 15 is 0 Å². The molecule has 0 saturated heterocycles. The molecule has 66 valence electrons. The van der Waals surface area contributed by atoms with Crippen LogP contribution in [0.4, 0.5) is 0 Å². The van der Waals surface area contributed by atoms with E-state index in [0.29, 0.717) is 0 Å². The van der Waals surface area contributed by atoms with Gasteiger partial charge in [0.1, 0.15) is 0 Å². The maximum atomic E-state index is 10.7. The highest BCUT2D eigenvalue weighted by Crippen LogP contribution is 1.77. The van der Waals surface area contributed by atoms with Gasteiger partial charge in [-0.05, 0) is 26.8 Å². The number of nitrogens with one attached hydrogen (secondary N) is 1. The molecule has 2 nitrogen and oxygen atoms in total. The van der Waals surface area contributed by atoms with Crippen LogP contribution in [-0.2, 0) is 4.79 Å². The third kappa shape index (κ3) is 12.4.